The number of pyridine rings is 1. The van der Waals surface area contributed by atoms with Gasteiger partial charge in [-0.2, -0.15) is 0 Å². The van der Waals surface area contributed by atoms with E-state index < -0.39 is 10.0 Å². The van der Waals surface area contributed by atoms with Crippen LogP contribution in [-0.4, -0.2) is 19.2 Å². The van der Waals surface area contributed by atoms with Gasteiger partial charge in [0.15, 0.2) is 0 Å². The van der Waals surface area contributed by atoms with E-state index in [2.05, 4.69) is 25.6 Å². The van der Waals surface area contributed by atoms with Crippen LogP contribution in [0.1, 0.15) is 12.8 Å². The first kappa shape index (κ1) is 10.9. The molecule has 0 unspecified atom stereocenters. The molecule has 0 aromatic carbocycles. The second-order valence-electron chi connectivity index (χ2n) is 3.68. The maximum absolute atomic E-state index is 11.7. The van der Waals surface area contributed by atoms with Crippen molar-refractivity contribution >= 4 is 31.6 Å². The minimum absolute atomic E-state index is 0.224. The molecular formula is C9H11BrN2O2S. The Hall–Kier alpha value is -0.620. The number of sulfonamides is 1. The monoisotopic (exact) mass is 290 g/mol. The third-order valence-electron chi connectivity index (χ3n) is 2.19. The Balaban J connectivity index is 2.10. The molecule has 1 heterocycles. The zero-order valence-corrected chi connectivity index (χ0v) is 10.4. The van der Waals surface area contributed by atoms with E-state index >= 15 is 0 Å². The zero-order valence-electron chi connectivity index (χ0n) is 7.98. The topological polar surface area (TPSA) is 59.1 Å². The number of hydrogen-bond donors (Lipinski definition) is 1. The number of halogens is 1. The molecule has 0 bridgehead atoms. The summed E-state index contributed by atoms with van der Waals surface area (Å²) in [5, 5.41) is 0. The molecule has 0 spiro atoms. The first-order valence-corrected chi connectivity index (χ1v) is 7.11. The van der Waals surface area contributed by atoms with Gasteiger partial charge < -0.3 is 0 Å². The highest BCUT2D eigenvalue weighted by Crippen LogP contribution is 2.31. The first-order valence-electron chi connectivity index (χ1n) is 4.67. The smallest absolute Gasteiger partial charge is 0.233 e. The summed E-state index contributed by atoms with van der Waals surface area (Å²) in [5.41, 5.74) is 0.547. The highest BCUT2D eigenvalue weighted by Gasteiger charge is 2.28. The van der Waals surface area contributed by atoms with Crippen LogP contribution in [0.3, 0.4) is 0 Å². The highest BCUT2D eigenvalue weighted by atomic mass is 79.9. The summed E-state index contributed by atoms with van der Waals surface area (Å²) in [7, 11) is -3.20. The minimum atomic E-state index is -3.20. The molecule has 1 saturated carbocycles. The van der Waals surface area contributed by atoms with Gasteiger partial charge in [0.1, 0.15) is 0 Å². The Morgan fingerprint density at radius 3 is 2.87 bits per heavy atom. The van der Waals surface area contributed by atoms with Crippen molar-refractivity contribution in [1.29, 1.82) is 0 Å². The van der Waals surface area contributed by atoms with E-state index in [1.165, 1.54) is 0 Å². The average molecular weight is 291 g/mol. The van der Waals surface area contributed by atoms with Gasteiger partial charge in [0.05, 0.1) is 15.9 Å². The van der Waals surface area contributed by atoms with Crippen molar-refractivity contribution in [3.05, 3.63) is 22.9 Å². The largest absolute Gasteiger partial charge is 0.282 e. The molecule has 2 rings (SSSR count). The fraction of sp³-hybridized carbons (Fsp3) is 0.444. The fourth-order valence-electron chi connectivity index (χ4n) is 1.26. The van der Waals surface area contributed by atoms with Gasteiger partial charge in [0.25, 0.3) is 0 Å². The summed E-state index contributed by atoms with van der Waals surface area (Å²) in [6.07, 6.45) is 5.17. The Morgan fingerprint density at radius 2 is 2.27 bits per heavy atom. The maximum Gasteiger partial charge on any atom is 0.233 e. The van der Waals surface area contributed by atoms with Crippen LogP contribution in [0.15, 0.2) is 22.9 Å². The quantitative estimate of drug-likeness (QED) is 0.923. The molecule has 1 aliphatic carbocycles. The summed E-state index contributed by atoms with van der Waals surface area (Å²) >= 11 is 3.24. The number of anilines is 1. The van der Waals surface area contributed by atoms with Gasteiger partial charge in [-0.05, 0) is 40.8 Å². The van der Waals surface area contributed by atoms with Crippen LogP contribution < -0.4 is 4.72 Å². The normalized spacial score (nSPS) is 16.3. The number of rotatable bonds is 4. The van der Waals surface area contributed by atoms with Crippen molar-refractivity contribution in [2.24, 2.45) is 5.92 Å². The molecule has 0 amide bonds. The summed E-state index contributed by atoms with van der Waals surface area (Å²) < 4.78 is 26.5. The van der Waals surface area contributed by atoms with Crippen LogP contribution >= 0.6 is 15.9 Å². The number of nitrogens with zero attached hydrogens (tertiary/aromatic N) is 1. The van der Waals surface area contributed by atoms with Crippen LogP contribution in [0, 0.1) is 5.92 Å². The molecule has 4 nitrogen and oxygen atoms in total. The zero-order chi connectivity index (χ0) is 10.9. The SMILES string of the molecule is O=S(=O)(CC1CC1)Nc1ccncc1Br. The van der Waals surface area contributed by atoms with E-state index in [1.807, 2.05) is 0 Å². The Labute approximate surface area is 97.3 Å². The van der Waals surface area contributed by atoms with Gasteiger partial charge in [-0.25, -0.2) is 8.42 Å². The van der Waals surface area contributed by atoms with Crippen molar-refractivity contribution in [1.82, 2.24) is 4.98 Å². The minimum Gasteiger partial charge on any atom is -0.282 e. The number of aromatic nitrogens is 1. The van der Waals surface area contributed by atoms with Crippen molar-refractivity contribution in [3.8, 4) is 0 Å². The molecule has 82 valence electrons. The molecule has 0 saturated heterocycles. The lowest BCUT2D eigenvalue weighted by Gasteiger charge is -2.08. The molecule has 1 aromatic heterocycles. The molecular weight excluding hydrogens is 280 g/mol. The van der Waals surface area contributed by atoms with Crippen LogP contribution in [0.2, 0.25) is 0 Å². The second kappa shape index (κ2) is 4.09. The van der Waals surface area contributed by atoms with E-state index in [4.69, 9.17) is 0 Å². The fourth-order valence-corrected chi connectivity index (χ4v) is 3.29. The van der Waals surface area contributed by atoms with Crippen LogP contribution in [-0.2, 0) is 10.0 Å². The third kappa shape index (κ3) is 3.17. The Kier molecular flexibility index (Phi) is 2.97. The molecule has 0 aliphatic heterocycles. The van der Waals surface area contributed by atoms with Crippen molar-refractivity contribution < 1.29 is 8.42 Å². The maximum atomic E-state index is 11.7. The summed E-state index contributed by atoms with van der Waals surface area (Å²) in [6.45, 7) is 0. The van der Waals surface area contributed by atoms with E-state index in [9.17, 15) is 8.42 Å². The standard InChI is InChI=1S/C9H11BrN2O2S/c10-8-5-11-4-3-9(8)12-15(13,14)6-7-1-2-7/h3-5,7H,1-2,6H2,(H,11,12). The van der Waals surface area contributed by atoms with E-state index in [-0.39, 0.29) is 5.75 Å². The van der Waals surface area contributed by atoms with Gasteiger partial charge in [0, 0.05) is 12.4 Å². The van der Waals surface area contributed by atoms with E-state index in [0.29, 0.717) is 16.1 Å². The molecule has 1 N–H and O–H groups in total. The van der Waals surface area contributed by atoms with E-state index in [0.717, 1.165) is 12.8 Å². The third-order valence-corrected chi connectivity index (χ3v) is 4.26. The molecule has 1 aromatic rings. The lowest BCUT2D eigenvalue weighted by molar-refractivity contribution is 0.597. The molecule has 6 heteroatoms. The van der Waals surface area contributed by atoms with Gasteiger partial charge >= 0.3 is 0 Å². The van der Waals surface area contributed by atoms with Gasteiger partial charge in [-0.15, -0.1) is 0 Å². The predicted octanol–water partition coefficient (Wildman–Crippen LogP) is 2.00. The van der Waals surface area contributed by atoms with Gasteiger partial charge in [-0.1, -0.05) is 0 Å². The van der Waals surface area contributed by atoms with E-state index in [1.54, 1.807) is 18.5 Å². The van der Waals surface area contributed by atoms with Gasteiger partial charge in [0.2, 0.25) is 10.0 Å². The number of hydrogen-bond acceptors (Lipinski definition) is 3. The van der Waals surface area contributed by atoms with Crippen molar-refractivity contribution in [2.75, 3.05) is 10.5 Å². The summed E-state index contributed by atoms with van der Waals surface area (Å²) in [6, 6.07) is 1.63. The lowest BCUT2D eigenvalue weighted by Crippen LogP contribution is -2.18. The van der Waals surface area contributed by atoms with Crippen molar-refractivity contribution in [3.63, 3.8) is 0 Å². The average Bonchev–Trinajstić information content (AvgIpc) is 2.91. The predicted molar refractivity (Wildman–Crippen MR) is 62.1 cm³/mol. The van der Waals surface area contributed by atoms with Crippen LogP contribution in [0.5, 0.6) is 0 Å². The molecule has 1 fully saturated rings. The van der Waals surface area contributed by atoms with Crippen LogP contribution in [0.4, 0.5) is 5.69 Å². The van der Waals surface area contributed by atoms with Gasteiger partial charge in [-0.3, -0.25) is 9.71 Å². The Morgan fingerprint density at radius 1 is 1.53 bits per heavy atom. The molecule has 0 radical (unpaired) electrons. The second-order valence-corrected chi connectivity index (χ2v) is 6.30. The number of nitrogens with one attached hydrogen (secondary N) is 1. The molecule has 0 atom stereocenters. The van der Waals surface area contributed by atoms with Crippen molar-refractivity contribution in [2.45, 2.75) is 12.8 Å². The molecule has 15 heavy (non-hydrogen) atoms. The molecule has 1 aliphatic rings. The summed E-state index contributed by atoms with van der Waals surface area (Å²) in [4.78, 5) is 3.87. The lowest BCUT2D eigenvalue weighted by atomic mass is 10.4. The Bertz CT molecular complexity index is 457. The van der Waals surface area contributed by atoms with Crippen LogP contribution in [0.25, 0.3) is 0 Å². The highest BCUT2D eigenvalue weighted by molar-refractivity contribution is 9.10. The first-order chi connectivity index (χ1) is 7.07. The summed E-state index contributed by atoms with van der Waals surface area (Å²) in [5.74, 6) is 0.574.